The zero-order valence-electron chi connectivity index (χ0n) is 12.5. The Labute approximate surface area is 140 Å². The minimum Gasteiger partial charge on any atom is -0.480 e. The molecule has 0 aromatic carbocycles. The lowest BCUT2D eigenvalue weighted by Crippen LogP contribution is -2.41. The number of hydrogen-bond acceptors (Lipinski definition) is 6. The molecule has 0 saturated carbocycles. The molecule has 124 valence electrons. The highest BCUT2D eigenvalue weighted by Gasteiger charge is 2.18. The Morgan fingerprint density at radius 3 is 3.00 bits per heavy atom. The van der Waals surface area contributed by atoms with Crippen LogP contribution >= 0.6 is 23.1 Å². The largest absolute Gasteiger partial charge is 0.480 e. The second-order valence-corrected chi connectivity index (χ2v) is 6.74. The molecule has 0 saturated heterocycles. The molecule has 0 fully saturated rings. The Kier molecular flexibility index (Phi) is 6.17. The fourth-order valence-electron chi connectivity index (χ4n) is 1.99. The highest BCUT2D eigenvalue weighted by Crippen LogP contribution is 2.12. The molecule has 1 amide bonds. The van der Waals surface area contributed by atoms with Crippen LogP contribution in [0.3, 0.4) is 0 Å². The first kappa shape index (κ1) is 17.5. The van der Waals surface area contributed by atoms with Gasteiger partial charge in [0.25, 0.3) is 5.56 Å². The number of rotatable bonds is 8. The highest BCUT2D eigenvalue weighted by atomic mass is 32.2. The molecule has 7 nitrogen and oxygen atoms in total. The topological polar surface area (TPSA) is 101 Å². The van der Waals surface area contributed by atoms with Crippen LogP contribution in [0.2, 0.25) is 0 Å². The molecule has 23 heavy (non-hydrogen) atoms. The van der Waals surface area contributed by atoms with Crippen molar-refractivity contribution in [2.75, 3.05) is 5.75 Å². The predicted molar refractivity (Wildman–Crippen MR) is 90.0 cm³/mol. The van der Waals surface area contributed by atoms with Gasteiger partial charge in [-0.3, -0.25) is 14.0 Å². The Hall–Kier alpha value is -1.87. The van der Waals surface area contributed by atoms with Crippen LogP contribution in [0.15, 0.2) is 22.4 Å². The van der Waals surface area contributed by atoms with Gasteiger partial charge in [0, 0.05) is 23.4 Å². The summed E-state index contributed by atoms with van der Waals surface area (Å²) in [4.78, 5) is 39.6. The third-order valence-corrected chi connectivity index (χ3v) is 4.77. The molecule has 9 heteroatoms. The van der Waals surface area contributed by atoms with Crippen LogP contribution in [-0.4, -0.2) is 38.2 Å². The van der Waals surface area contributed by atoms with Crippen LogP contribution in [0.4, 0.5) is 0 Å². The number of aromatic nitrogens is 2. The molecule has 2 aromatic heterocycles. The van der Waals surface area contributed by atoms with E-state index >= 15 is 0 Å². The zero-order chi connectivity index (χ0) is 16.8. The molecule has 2 rings (SSSR count). The number of carboxylic acid groups (broad SMARTS) is 1. The van der Waals surface area contributed by atoms with Crippen LogP contribution in [0, 0.1) is 0 Å². The van der Waals surface area contributed by atoms with E-state index in [4.69, 9.17) is 5.11 Å². The molecule has 0 radical (unpaired) electrons. The molecule has 0 aliphatic heterocycles. The molecule has 0 aliphatic rings. The van der Waals surface area contributed by atoms with Gasteiger partial charge < -0.3 is 10.4 Å². The average molecular weight is 355 g/mol. The van der Waals surface area contributed by atoms with Crippen molar-refractivity contribution in [2.24, 2.45) is 0 Å². The van der Waals surface area contributed by atoms with Gasteiger partial charge in [-0.15, -0.1) is 23.1 Å². The van der Waals surface area contributed by atoms with Crippen LogP contribution in [-0.2, 0) is 15.3 Å². The van der Waals surface area contributed by atoms with Crippen LogP contribution in [0.5, 0.6) is 0 Å². The molecular weight excluding hydrogens is 338 g/mol. The van der Waals surface area contributed by atoms with Crippen molar-refractivity contribution in [3.63, 3.8) is 0 Å². The Balaban J connectivity index is 1.87. The van der Waals surface area contributed by atoms with Gasteiger partial charge in [0.1, 0.15) is 6.04 Å². The number of fused-ring (bicyclic) bond motifs is 1. The maximum Gasteiger partial charge on any atom is 0.326 e. The van der Waals surface area contributed by atoms with E-state index in [2.05, 4.69) is 10.3 Å². The number of carbonyl (C=O) groups excluding carboxylic acids is 1. The minimum atomic E-state index is -1.02. The minimum absolute atomic E-state index is 0.124. The molecule has 1 atom stereocenters. The molecule has 2 N–H and O–H groups in total. The van der Waals surface area contributed by atoms with Crippen molar-refractivity contribution in [1.82, 2.24) is 14.7 Å². The maximum atomic E-state index is 11.8. The monoisotopic (exact) mass is 355 g/mol. The van der Waals surface area contributed by atoms with E-state index in [0.717, 1.165) is 0 Å². The van der Waals surface area contributed by atoms with Crippen LogP contribution in [0.1, 0.15) is 25.5 Å². The van der Waals surface area contributed by atoms with Crippen molar-refractivity contribution >= 4 is 39.9 Å². The van der Waals surface area contributed by atoms with Crippen molar-refractivity contribution < 1.29 is 14.7 Å². The average Bonchev–Trinajstić information content (AvgIpc) is 2.95. The third-order valence-electron chi connectivity index (χ3n) is 3.05. The standard InChI is InChI=1S/C14H17N3O4S2/c1-2-3-10(13(20)21)16-11(18)8-22-7-9-6-12(19)17-4-5-23-14(17)15-9/h4-6,10H,2-3,7-8H2,1H3,(H,16,18)(H,20,21). The number of aliphatic carboxylic acids is 1. The van der Waals surface area contributed by atoms with Gasteiger partial charge in [-0.2, -0.15) is 0 Å². The molecule has 2 aromatic rings. The number of thiazole rings is 1. The summed E-state index contributed by atoms with van der Waals surface area (Å²) in [5.41, 5.74) is 0.462. The van der Waals surface area contributed by atoms with Gasteiger partial charge in [-0.05, 0) is 6.42 Å². The van der Waals surface area contributed by atoms with Gasteiger partial charge >= 0.3 is 5.97 Å². The number of amides is 1. The van der Waals surface area contributed by atoms with E-state index in [0.29, 0.717) is 29.2 Å². The fourth-order valence-corrected chi connectivity index (χ4v) is 3.46. The van der Waals surface area contributed by atoms with E-state index in [1.807, 2.05) is 6.92 Å². The Morgan fingerprint density at radius 1 is 1.52 bits per heavy atom. The van der Waals surface area contributed by atoms with Crippen molar-refractivity contribution in [1.29, 1.82) is 0 Å². The smallest absolute Gasteiger partial charge is 0.326 e. The van der Waals surface area contributed by atoms with Crippen molar-refractivity contribution in [3.05, 3.63) is 33.7 Å². The summed E-state index contributed by atoms with van der Waals surface area (Å²) in [6.07, 6.45) is 2.75. The van der Waals surface area contributed by atoms with Gasteiger partial charge in [-0.25, -0.2) is 9.78 Å². The van der Waals surface area contributed by atoms with Gasteiger partial charge in [0.2, 0.25) is 5.91 Å². The molecule has 1 unspecified atom stereocenters. The lowest BCUT2D eigenvalue weighted by molar-refractivity contribution is -0.141. The number of carbonyl (C=O) groups is 2. The second kappa shape index (κ2) is 8.11. The molecular formula is C14H17N3O4S2. The molecule has 0 spiro atoms. The van der Waals surface area contributed by atoms with Gasteiger partial charge in [0.15, 0.2) is 4.96 Å². The predicted octanol–water partition coefficient (Wildman–Crippen LogP) is 1.36. The van der Waals surface area contributed by atoms with E-state index in [-0.39, 0.29) is 17.2 Å². The summed E-state index contributed by atoms with van der Waals surface area (Å²) in [6.45, 7) is 1.86. The summed E-state index contributed by atoms with van der Waals surface area (Å²) in [6, 6.07) is 0.597. The summed E-state index contributed by atoms with van der Waals surface area (Å²) < 4.78 is 1.47. The van der Waals surface area contributed by atoms with Gasteiger partial charge in [-0.1, -0.05) is 13.3 Å². The molecule has 0 aliphatic carbocycles. The highest BCUT2D eigenvalue weighted by molar-refractivity contribution is 7.99. The maximum absolute atomic E-state index is 11.8. The summed E-state index contributed by atoms with van der Waals surface area (Å²) in [7, 11) is 0. The summed E-state index contributed by atoms with van der Waals surface area (Å²) in [5.74, 6) is -0.811. The summed E-state index contributed by atoms with van der Waals surface area (Å²) >= 11 is 2.67. The Morgan fingerprint density at radius 2 is 2.30 bits per heavy atom. The Bertz CT molecular complexity index is 756. The first-order chi connectivity index (χ1) is 11.0. The summed E-state index contributed by atoms with van der Waals surface area (Å²) in [5, 5.41) is 13.3. The number of hydrogen-bond donors (Lipinski definition) is 2. The van der Waals surface area contributed by atoms with E-state index < -0.39 is 12.0 Å². The quantitative estimate of drug-likeness (QED) is 0.741. The van der Waals surface area contributed by atoms with Crippen LogP contribution in [0.25, 0.3) is 4.96 Å². The van der Waals surface area contributed by atoms with Gasteiger partial charge in [0.05, 0.1) is 11.4 Å². The van der Waals surface area contributed by atoms with E-state index in [1.165, 1.54) is 33.6 Å². The van der Waals surface area contributed by atoms with E-state index in [1.54, 1.807) is 11.6 Å². The first-order valence-corrected chi connectivity index (χ1v) is 9.10. The van der Waals surface area contributed by atoms with Crippen molar-refractivity contribution in [3.8, 4) is 0 Å². The normalized spacial score (nSPS) is 12.2. The fraction of sp³-hybridized carbons (Fsp3) is 0.429. The molecule has 0 bridgehead atoms. The number of nitrogens with one attached hydrogen (secondary N) is 1. The van der Waals surface area contributed by atoms with Crippen LogP contribution < -0.4 is 10.9 Å². The second-order valence-electron chi connectivity index (χ2n) is 4.88. The zero-order valence-corrected chi connectivity index (χ0v) is 14.2. The third kappa shape index (κ3) is 4.80. The number of carboxylic acids is 1. The van der Waals surface area contributed by atoms with Crippen molar-refractivity contribution in [2.45, 2.75) is 31.6 Å². The SMILES string of the molecule is CCCC(NC(=O)CSCc1cc(=O)n2ccsc2n1)C(=O)O. The van der Waals surface area contributed by atoms with E-state index in [9.17, 15) is 14.4 Å². The number of nitrogens with zero attached hydrogens (tertiary/aromatic N) is 2. The molecule has 2 heterocycles. The lowest BCUT2D eigenvalue weighted by atomic mass is 10.2. The lowest BCUT2D eigenvalue weighted by Gasteiger charge is -2.13. The first-order valence-electron chi connectivity index (χ1n) is 7.07. The number of thioether (sulfide) groups is 1.